The number of hydrogen-bond donors (Lipinski definition) is 2. The zero-order valence-electron chi connectivity index (χ0n) is 10.2. The van der Waals surface area contributed by atoms with Crippen molar-refractivity contribution >= 4 is 0 Å². The van der Waals surface area contributed by atoms with E-state index in [0.717, 1.165) is 32.1 Å². The van der Waals surface area contributed by atoms with Gasteiger partial charge in [0.15, 0.2) is 0 Å². The van der Waals surface area contributed by atoms with Gasteiger partial charge in [0.1, 0.15) is 0 Å². The first-order chi connectivity index (χ1) is 7.24. The van der Waals surface area contributed by atoms with E-state index in [4.69, 9.17) is 5.11 Å². The van der Waals surface area contributed by atoms with Gasteiger partial charge in [-0.25, -0.2) is 0 Å². The molecule has 3 nitrogen and oxygen atoms in total. The van der Waals surface area contributed by atoms with Gasteiger partial charge in [-0.15, -0.1) is 0 Å². The molecule has 15 heavy (non-hydrogen) atoms. The standard InChI is InChI=1S/C12H26N2O/c1-11(2)9-13-10-12-5-3-4-6-14(12)7-8-15/h11-13,15H,3-10H2,1-2H3. The van der Waals surface area contributed by atoms with Crippen LogP contribution in [0.1, 0.15) is 33.1 Å². The minimum Gasteiger partial charge on any atom is -0.395 e. The minimum atomic E-state index is 0.292. The van der Waals surface area contributed by atoms with Gasteiger partial charge < -0.3 is 10.4 Å². The van der Waals surface area contributed by atoms with Crippen molar-refractivity contribution in [2.45, 2.75) is 39.2 Å². The monoisotopic (exact) mass is 214 g/mol. The van der Waals surface area contributed by atoms with Crippen LogP contribution >= 0.6 is 0 Å². The van der Waals surface area contributed by atoms with Crippen molar-refractivity contribution in [3.8, 4) is 0 Å². The molecule has 1 aliphatic rings. The topological polar surface area (TPSA) is 35.5 Å². The van der Waals surface area contributed by atoms with Crippen LogP contribution < -0.4 is 5.32 Å². The van der Waals surface area contributed by atoms with E-state index < -0.39 is 0 Å². The summed E-state index contributed by atoms with van der Waals surface area (Å²) in [4.78, 5) is 2.43. The fraction of sp³-hybridized carbons (Fsp3) is 1.00. The third-order valence-corrected chi connectivity index (χ3v) is 3.07. The molecule has 0 aromatic heterocycles. The predicted octanol–water partition coefficient (Wildman–Crippen LogP) is 1.08. The lowest BCUT2D eigenvalue weighted by atomic mass is 10.0. The van der Waals surface area contributed by atoms with Crippen LogP contribution in [0.5, 0.6) is 0 Å². The average Bonchev–Trinajstić information content (AvgIpc) is 2.20. The number of nitrogens with one attached hydrogen (secondary N) is 1. The quantitative estimate of drug-likeness (QED) is 0.694. The molecule has 1 saturated heterocycles. The van der Waals surface area contributed by atoms with Crippen molar-refractivity contribution < 1.29 is 5.11 Å². The summed E-state index contributed by atoms with van der Waals surface area (Å²) < 4.78 is 0. The van der Waals surface area contributed by atoms with Crippen molar-refractivity contribution in [2.24, 2.45) is 5.92 Å². The first-order valence-electron chi connectivity index (χ1n) is 6.29. The minimum absolute atomic E-state index is 0.292. The number of nitrogens with zero attached hydrogens (tertiary/aromatic N) is 1. The average molecular weight is 214 g/mol. The Bertz CT molecular complexity index is 160. The molecule has 0 spiro atoms. The van der Waals surface area contributed by atoms with Crippen molar-refractivity contribution in [1.29, 1.82) is 0 Å². The largest absolute Gasteiger partial charge is 0.395 e. The second kappa shape index (κ2) is 7.20. The van der Waals surface area contributed by atoms with E-state index in [-0.39, 0.29) is 0 Å². The second-order valence-corrected chi connectivity index (χ2v) is 4.96. The van der Waals surface area contributed by atoms with E-state index in [2.05, 4.69) is 24.1 Å². The summed E-state index contributed by atoms with van der Waals surface area (Å²) in [6, 6.07) is 0.643. The van der Waals surface area contributed by atoms with Crippen molar-refractivity contribution in [3.05, 3.63) is 0 Å². The van der Waals surface area contributed by atoms with Crippen LogP contribution in [0.25, 0.3) is 0 Å². The summed E-state index contributed by atoms with van der Waals surface area (Å²) in [6.45, 7) is 8.95. The van der Waals surface area contributed by atoms with Gasteiger partial charge in [-0.3, -0.25) is 4.90 Å². The van der Waals surface area contributed by atoms with Gasteiger partial charge in [0.2, 0.25) is 0 Å². The fourth-order valence-corrected chi connectivity index (χ4v) is 2.25. The molecule has 3 heteroatoms. The first-order valence-corrected chi connectivity index (χ1v) is 6.29. The Morgan fingerprint density at radius 1 is 1.40 bits per heavy atom. The molecule has 2 N–H and O–H groups in total. The third kappa shape index (κ3) is 4.96. The molecule has 0 aromatic carbocycles. The Morgan fingerprint density at radius 3 is 2.87 bits per heavy atom. The molecular weight excluding hydrogens is 188 g/mol. The van der Waals surface area contributed by atoms with Crippen LogP contribution in [0, 0.1) is 5.92 Å². The third-order valence-electron chi connectivity index (χ3n) is 3.07. The van der Waals surface area contributed by atoms with E-state index in [1.165, 1.54) is 19.3 Å². The van der Waals surface area contributed by atoms with E-state index in [9.17, 15) is 0 Å². The van der Waals surface area contributed by atoms with Gasteiger partial charge >= 0.3 is 0 Å². The highest BCUT2D eigenvalue weighted by molar-refractivity contribution is 4.78. The molecule has 0 bridgehead atoms. The molecule has 0 radical (unpaired) electrons. The normalized spacial score (nSPS) is 23.6. The lowest BCUT2D eigenvalue weighted by Crippen LogP contribution is -2.47. The first kappa shape index (κ1) is 12.9. The lowest BCUT2D eigenvalue weighted by Gasteiger charge is -2.35. The Labute approximate surface area is 93.9 Å². The highest BCUT2D eigenvalue weighted by Gasteiger charge is 2.20. The summed E-state index contributed by atoms with van der Waals surface area (Å²) in [5.74, 6) is 0.722. The molecule has 1 atom stereocenters. The Morgan fingerprint density at radius 2 is 2.20 bits per heavy atom. The van der Waals surface area contributed by atoms with Crippen LogP contribution in [0.2, 0.25) is 0 Å². The van der Waals surface area contributed by atoms with E-state index in [1.54, 1.807) is 0 Å². The molecule has 90 valence electrons. The number of hydrogen-bond acceptors (Lipinski definition) is 3. The molecule has 0 aromatic rings. The van der Waals surface area contributed by atoms with Crippen LogP contribution in [-0.4, -0.2) is 48.8 Å². The van der Waals surface area contributed by atoms with Crippen LogP contribution in [0.15, 0.2) is 0 Å². The maximum absolute atomic E-state index is 8.99. The maximum Gasteiger partial charge on any atom is 0.0558 e. The summed E-state index contributed by atoms with van der Waals surface area (Å²) in [5.41, 5.74) is 0. The smallest absolute Gasteiger partial charge is 0.0558 e. The van der Waals surface area contributed by atoms with E-state index >= 15 is 0 Å². The zero-order chi connectivity index (χ0) is 11.1. The number of piperidine rings is 1. The number of likely N-dealkylation sites (tertiary alicyclic amines) is 1. The summed E-state index contributed by atoms with van der Waals surface area (Å²) in [5, 5.41) is 12.5. The number of β-amino-alcohol motifs (C(OH)–C–C–N with tert-alkyl or cyclic N) is 1. The molecule has 1 unspecified atom stereocenters. The number of aliphatic hydroxyl groups excluding tert-OH is 1. The molecule has 1 aliphatic heterocycles. The van der Waals surface area contributed by atoms with E-state index in [0.29, 0.717) is 12.6 Å². The maximum atomic E-state index is 8.99. The predicted molar refractivity (Wildman–Crippen MR) is 64.0 cm³/mol. The second-order valence-electron chi connectivity index (χ2n) is 4.96. The van der Waals surface area contributed by atoms with Crippen LogP contribution in [0.4, 0.5) is 0 Å². The number of rotatable bonds is 6. The molecule has 1 heterocycles. The van der Waals surface area contributed by atoms with Crippen molar-refractivity contribution in [1.82, 2.24) is 10.2 Å². The summed E-state index contributed by atoms with van der Waals surface area (Å²) in [7, 11) is 0. The van der Waals surface area contributed by atoms with Crippen LogP contribution in [-0.2, 0) is 0 Å². The van der Waals surface area contributed by atoms with E-state index in [1.807, 2.05) is 0 Å². The van der Waals surface area contributed by atoms with Gasteiger partial charge in [-0.05, 0) is 31.8 Å². The van der Waals surface area contributed by atoms with Gasteiger partial charge in [-0.2, -0.15) is 0 Å². The van der Waals surface area contributed by atoms with Gasteiger partial charge in [0, 0.05) is 19.1 Å². The summed E-state index contributed by atoms with van der Waals surface area (Å²) in [6.07, 6.45) is 3.92. The number of aliphatic hydroxyl groups is 1. The Balaban J connectivity index is 2.23. The van der Waals surface area contributed by atoms with Crippen molar-refractivity contribution in [3.63, 3.8) is 0 Å². The zero-order valence-corrected chi connectivity index (χ0v) is 10.2. The van der Waals surface area contributed by atoms with Gasteiger partial charge in [0.05, 0.1) is 6.61 Å². The summed E-state index contributed by atoms with van der Waals surface area (Å²) >= 11 is 0. The molecule has 0 saturated carbocycles. The lowest BCUT2D eigenvalue weighted by molar-refractivity contribution is 0.115. The molecule has 0 aliphatic carbocycles. The highest BCUT2D eigenvalue weighted by atomic mass is 16.3. The molecule has 0 amide bonds. The molecular formula is C12H26N2O. The SMILES string of the molecule is CC(C)CNCC1CCCCN1CCO. The van der Waals surface area contributed by atoms with Gasteiger partial charge in [0.25, 0.3) is 0 Å². The van der Waals surface area contributed by atoms with Crippen LogP contribution in [0.3, 0.4) is 0 Å². The molecule has 1 rings (SSSR count). The van der Waals surface area contributed by atoms with Crippen molar-refractivity contribution in [2.75, 3.05) is 32.8 Å². The highest BCUT2D eigenvalue weighted by Crippen LogP contribution is 2.15. The Kier molecular flexibility index (Phi) is 6.22. The fourth-order valence-electron chi connectivity index (χ4n) is 2.25. The van der Waals surface area contributed by atoms with Gasteiger partial charge in [-0.1, -0.05) is 20.3 Å². The molecule has 1 fully saturated rings. The Hall–Kier alpha value is -0.120.